The average Bonchev–Trinajstić information content (AvgIpc) is 3.13. The summed E-state index contributed by atoms with van der Waals surface area (Å²) in [6, 6.07) is 4.69. The van der Waals surface area contributed by atoms with E-state index in [1.807, 2.05) is 0 Å². The number of carboxylic acids is 2. The maximum absolute atomic E-state index is 11.5. The summed E-state index contributed by atoms with van der Waals surface area (Å²) >= 11 is 1.18. The van der Waals surface area contributed by atoms with Gasteiger partial charge in [0.25, 0.3) is 5.13 Å². The molecule has 0 bridgehead atoms. The van der Waals surface area contributed by atoms with E-state index in [-0.39, 0.29) is 134 Å². The predicted molar refractivity (Wildman–Crippen MR) is 97.4 cm³/mol. The third kappa shape index (κ3) is 10.9. The molecule has 2 rings (SSSR count). The van der Waals surface area contributed by atoms with Crippen LogP contribution < -0.4 is 118 Å². The molecule has 148 valence electrons. The molecule has 1 aromatic heterocycles. The molecule has 1 heterocycles. The van der Waals surface area contributed by atoms with Crippen LogP contribution in [0.15, 0.2) is 38.9 Å². The van der Waals surface area contributed by atoms with Crippen molar-refractivity contribution in [1.29, 1.82) is 0 Å². The zero-order valence-corrected chi connectivity index (χ0v) is 23.9. The first kappa shape index (κ1) is 29.9. The van der Waals surface area contributed by atoms with Crippen LogP contribution in [0.1, 0.15) is 19.8 Å². The molecule has 0 unspecified atom stereocenters. The van der Waals surface area contributed by atoms with Gasteiger partial charge in [0.1, 0.15) is 11.2 Å². The Morgan fingerprint density at radius 2 is 1.83 bits per heavy atom. The van der Waals surface area contributed by atoms with E-state index < -0.39 is 17.8 Å². The standard InChI is InChI=1S/C16H18N6O5S.2K/c1-10(23)18-13-8-11(22(6-4-14(24)25)7-5-15(26)27)2-3-12(13)19-21-16-20-17-9-28-16;;/h2-3,8-9H,4-7H2,1H3,(H,18,23)(H,24,25)(H,26,27);;/q;2*+1/p-2. The van der Waals surface area contributed by atoms with Gasteiger partial charge in [-0.15, -0.1) is 20.4 Å². The van der Waals surface area contributed by atoms with Crippen LogP contribution in [0, 0.1) is 0 Å². The Labute approximate surface area is 261 Å². The third-order valence-electron chi connectivity index (χ3n) is 3.38. The van der Waals surface area contributed by atoms with Crippen molar-refractivity contribution in [3.05, 3.63) is 23.7 Å². The van der Waals surface area contributed by atoms with Crippen LogP contribution in [0.25, 0.3) is 0 Å². The summed E-state index contributed by atoms with van der Waals surface area (Å²) in [7, 11) is 0. The minimum Gasteiger partial charge on any atom is -0.862 e. The van der Waals surface area contributed by atoms with Gasteiger partial charge in [-0.1, -0.05) is 11.3 Å². The number of carbonyl (C=O) groups excluding carboxylic acids is 1. The molecule has 14 heteroatoms. The van der Waals surface area contributed by atoms with E-state index in [1.165, 1.54) is 29.8 Å². The first-order valence-electron chi connectivity index (χ1n) is 8.06. The van der Waals surface area contributed by atoms with Gasteiger partial charge in [-0.05, 0) is 31.0 Å². The van der Waals surface area contributed by atoms with Crippen LogP contribution in [0.3, 0.4) is 0 Å². The zero-order chi connectivity index (χ0) is 20.5. The van der Waals surface area contributed by atoms with Gasteiger partial charge in [0, 0.05) is 31.2 Å². The zero-order valence-electron chi connectivity index (χ0n) is 16.8. The van der Waals surface area contributed by atoms with E-state index in [4.69, 9.17) is 5.11 Å². The summed E-state index contributed by atoms with van der Waals surface area (Å²) in [5.74, 6) is -2.73. The Morgan fingerprint density at radius 3 is 2.40 bits per heavy atom. The van der Waals surface area contributed by atoms with Crippen molar-refractivity contribution in [2.45, 2.75) is 19.8 Å². The molecule has 1 aromatic carbocycles. The molecule has 0 saturated carbocycles. The maximum Gasteiger partial charge on any atom is 1.00 e. The van der Waals surface area contributed by atoms with Gasteiger partial charge in [0.05, 0.1) is 12.1 Å². The van der Waals surface area contributed by atoms with E-state index in [0.717, 1.165) is 0 Å². The number of rotatable bonds is 10. The topological polar surface area (TPSA) is 167 Å². The number of benzene rings is 1. The molecule has 0 amide bonds. The summed E-state index contributed by atoms with van der Waals surface area (Å²) in [5.41, 5.74) is 2.51. The summed E-state index contributed by atoms with van der Waals surface area (Å²) in [5, 5.41) is 46.8. The number of aromatic nitrogens is 2. The van der Waals surface area contributed by atoms with Crippen LogP contribution in [-0.2, 0) is 9.59 Å². The van der Waals surface area contributed by atoms with Gasteiger partial charge in [-0.25, -0.2) is 0 Å². The van der Waals surface area contributed by atoms with E-state index in [2.05, 4.69) is 25.4 Å². The fourth-order valence-corrected chi connectivity index (χ4v) is 2.56. The van der Waals surface area contributed by atoms with Gasteiger partial charge in [0.2, 0.25) is 0 Å². The van der Waals surface area contributed by atoms with Crippen molar-refractivity contribution in [1.82, 2.24) is 10.2 Å². The number of hydrogen-bond acceptors (Lipinski definition) is 11. The molecule has 1 N–H and O–H groups in total. The molecule has 0 aliphatic heterocycles. The Bertz CT molecular complexity index is 872. The Morgan fingerprint density at radius 1 is 1.13 bits per heavy atom. The van der Waals surface area contributed by atoms with Crippen LogP contribution >= 0.6 is 11.3 Å². The molecule has 0 spiro atoms. The van der Waals surface area contributed by atoms with Crippen LogP contribution in [0.5, 0.6) is 0 Å². The van der Waals surface area contributed by atoms with Gasteiger partial charge in [-0.2, -0.15) is 0 Å². The number of nitrogens with zero attached hydrogens (tertiary/aromatic N) is 6. The molecule has 0 aliphatic carbocycles. The second kappa shape index (κ2) is 15.6. The summed E-state index contributed by atoms with van der Waals surface area (Å²) in [6.07, 6.45) is -0.470. The smallest absolute Gasteiger partial charge is 0.862 e. The number of hydrogen-bond donors (Lipinski definition) is 1. The van der Waals surface area contributed by atoms with Crippen molar-refractivity contribution < 1.29 is 128 Å². The first-order valence-corrected chi connectivity index (χ1v) is 8.94. The van der Waals surface area contributed by atoms with Gasteiger partial charge in [0.15, 0.2) is 0 Å². The van der Waals surface area contributed by atoms with Gasteiger partial charge < -0.3 is 25.0 Å². The quantitative estimate of drug-likeness (QED) is 0.152. The number of carbonyl (C=O) groups is 2. The molecule has 0 fully saturated rings. The average molecular weight is 483 g/mol. The largest absolute Gasteiger partial charge is 1.00 e. The van der Waals surface area contributed by atoms with Gasteiger partial charge in [-0.3, -0.25) is 9.79 Å². The fourth-order valence-electron chi connectivity index (χ4n) is 2.19. The van der Waals surface area contributed by atoms with E-state index in [1.54, 1.807) is 17.0 Å². The Kier molecular flexibility index (Phi) is 15.6. The van der Waals surface area contributed by atoms with Crippen molar-refractivity contribution in [3.8, 4) is 0 Å². The molecule has 11 nitrogen and oxygen atoms in total. The predicted octanol–water partition coefficient (Wildman–Crippen LogP) is -5.21. The van der Waals surface area contributed by atoms with Crippen molar-refractivity contribution in [2.24, 2.45) is 15.2 Å². The fraction of sp³-hybridized carbons (Fsp3) is 0.312. The molecule has 30 heavy (non-hydrogen) atoms. The second-order valence-electron chi connectivity index (χ2n) is 5.48. The summed E-state index contributed by atoms with van der Waals surface area (Å²) in [6.45, 7) is 1.39. The van der Waals surface area contributed by atoms with E-state index in [9.17, 15) is 19.8 Å². The Balaban J connectivity index is 0.00000420. The van der Waals surface area contributed by atoms with Crippen molar-refractivity contribution in [2.75, 3.05) is 18.0 Å². The summed E-state index contributed by atoms with van der Waals surface area (Å²) in [4.78, 5) is 27.1. The summed E-state index contributed by atoms with van der Waals surface area (Å²) < 4.78 is 0. The molecule has 2 aromatic rings. The van der Waals surface area contributed by atoms with Crippen molar-refractivity contribution >= 4 is 51.4 Å². The third-order valence-corrected chi connectivity index (χ3v) is 3.95. The van der Waals surface area contributed by atoms with Crippen LogP contribution in [0.4, 0.5) is 22.2 Å². The first-order chi connectivity index (χ1) is 13.3. The van der Waals surface area contributed by atoms with Crippen LogP contribution in [0.2, 0.25) is 0 Å². The second-order valence-corrected chi connectivity index (χ2v) is 6.29. The minimum atomic E-state index is -1.25. The normalized spacial score (nSPS) is 10.9. The number of azo groups is 1. The van der Waals surface area contributed by atoms with Crippen LogP contribution in [-0.4, -0.2) is 46.2 Å². The van der Waals surface area contributed by atoms with Gasteiger partial charge >= 0.3 is 109 Å². The monoisotopic (exact) mass is 482 g/mol. The number of aliphatic carboxylic acids is 2. The molecule has 0 aliphatic rings. The maximum atomic E-state index is 11.5. The molecular weight excluding hydrogens is 466 g/mol. The molecule has 0 atom stereocenters. The molecule has 0 radical (unpaired) electrons. The molecule has 0 saturated heterocycles. The Hall–Kier alpha value is -0.137. The SMILES string of the molecule is CC([O-])=Nc1cc(N(CCC(=O)[O-])CCC(=O)O)ccc1N=Nc1nncs1.[K+].[K+]. The number of aliphatic imine (C=N–C) groups is 1. The van der Waals surface area contributed by atoms with E-state index in [0.29, 0.717) is 16.5 Å². The van der Waals surface area contributed by atoms with Crippen molar-refractivity contribution in [3.63, 3.8) is 0 Å². The molecular formula is C16H16K2N6O5S. The number of carboxylic acid groups (broad SMARTS) is 2. The van der Waals surface area contributed by atoms with E-state index >= 15 is 0 Å². The number of anilines is 1. The minimum absolute atomic E-state index is 0.